The standard InChI is InChI=1S/C11H16F3N3O3/c1-3-10(4-2)8(19)17(9(20)16-10)5-7(18)15-6-11(12,13)14/h3-6H2,1-2H3,(H,15,18)(H,16,20). The molecule has 6 nitrogen and oxygen atoms in total. The van der Waals surface area contributed by atoms with Gasteiger partial charge >= 0.3 is 12.2 Å². The van der Waals surface area contributed by atoms with Gasteiger partial charge in [-0.25, -0.2) is 4.79 Å². The highest BCUT2D eigenvalue weighted by molar-refractivity contribution is 6.08. The van der Waals surface area contributed by atoms with Gasteiger partial charge < -0.3 is 10.6 Å². The SMILES string of the molecule is CCC1(CC)NC(=O)N(CC(=O)NCC(F)(F)F)C1=O. The summed E-state index contributed by atoms with van der Waals surface area (Å²) in [7, 11) is 0. The van der Waals surface area contributed by atoms with Crippen LogP contribution in [0.15, 0.2) is 0 Å². The Morgan fingerprint density at radius 2 is 1.85 bits per heavy atom. The Kier molecular flexibility index (Phi) is 4.61. The molecule has 1 aliphatic heterocycles. The second-order valence-electron chi connectivity index (χ2n) is 4.50. The van der Waals surface area contributed by atoms with Crippen molar-refractivity contribution in [1.82, 2.24) is 15.5 Å². The van der Waals surface area contributed by atoms with Crippen molar-refractivity contribution in [3.63, 3.8) is 0 Å². The fourth-order valence-corrected chi connectivity index (χ4v) is 1.95. The first kappa shape index (κ1) is 16.3. The lowest BCUT2D eigenvalue weighted by Crippen LogP contribution is -2.47. The number of hydrogen-bond acceptors (Lipinski definition) is 3. The molecule has 0 saturated carbocycles. The molecule has 0 unspecified atom stereocenters. The number of rotatable bonds is 5. The third-order valence-corrected chi connectivity index (χ3v) is 3.24. The van der Waals surface area contributed by atoms with Crippen LogP contribution in [0.25, 0.3) is 0 Å². The highest BCUT2D eigenvalue weighted by atomic mass is 19.4. The number of urea groups is 1. The Labute approximate surface area is 113 Å². The van der Waals surface area contributed by atoms with Gasteiger partial charge in [0, 0.05) is 0 Å². The van der Waals surface area contributed by atoms with Crippen LogP contribution in [0.4, 0.5) is 18.0 Å². The summed E-state index contributed by atoms with van der Waals surface area (Å²) in [5.41, 5.74) is -1.07. The number of imide groups is 1. The highest BCUT2D eigenvalue weighted by Crippen LogP contribution is 2.24. The van der Waals surface area contributed by atoms with E-state index in [2.05, 4.69) is 5.32 Å². The maximum Gasteiger partial charge on any atom is 0.405 e. The zero-order valence-electron chi connectivity index (χ0n) is 11.1. The molecule has 4 amide bonds. The predicted molar refractivity (Wildman–Crippen MR) is 62.6 cm³/mol. The number of nitrogens with one attached hydrogen (secondary N) is 2. The second-order valence-corrected chi connectivity index (χ2v) is 4.50. The van der Waals surface area contributed by atoms with Gasteiger partial charge in [-0.3, -0.25) is 14.5 Å². The molecule has 0 radical (unpaired) electrons. The van der Waals surface area contributed by atoms with E-state index in [-0.39, 0.29) is 0 Å². The first-order valence-corrected chi connectivity index (χ1v) is 6.12. The van der Waals surface area contributed by atoms with E-state index in [4.69, 9.17) is 0 Å². The van der Waals surface area contributed by atoms with Crippen LogP contribution in [-0.2, 0) is 9.59 Å². The Balaban J connectivity index is 2.67. The van der Waals surface area contributed by atoms with Gasteiger partial charge in [-0.2, -0.15) is 13.2 Å². The van der Waals surface area contributed by atoms with Crippen molar-refractivity contribution in [2.75, 3.05) is 13.1 Å². The van der Waals surface area contributed by atoms with Crippen LogP contribution in [0, 0.1) is 0 Å². The van der Waals surface area contributed by atoms with E-state index in [0.717, 1.165) is 0 Å². The van der Waals surface area contributed by atoms with Gasteiger partial charge in [-0.1, -0.05) is 13.8 Å². The molecule has 1 fully saturated rings. The summed E-state index contributed by atoms with van der Waals surface area (Å²) >= 11 is 0. The van der Waals surface area contributed by atoms with Crippen LogP contribution in [0.2, 0.25) is 0 Å². The van der Waals surface area contributed by atoms with Crippen LogP contribution in [0.5, 0.6) is 0 Å². The minimum Gasteiger partial charge on any atom is -0.345 e. The van der Waals surface area contributed by atoms with Crippen molar-refractivity contribution in [2.24, 2.45) is 0 Å². The normalized spacial score (nSPS) is 18.1. The molecule has 0 aromatic heterocycles. The van der Waals surface area contributed by atoms with Gasteiger partial charge in [-0.15, -0.1) is 0 Å². The van der Waals surface area contributed by atoms with E-state index in [1.54, 1.807) is 19.2 Å². The third kappa shape index (κ3) is 3.40. The molecular formula is C11H16F3N3O3. The van der Waals surface area contributed by atoms with Crippen LogP contribution in [-0.4, -0.2) is 47.6 Å². The van der Waals surface area contributed by atoms with Crippen molar-refractivity contribution in [3.8, 4) is 0 Å². The van der Waals surface area contributed by atoms with E-state index in [1.807, 2.05) is 0 Å². The van der Waals surface area contributed by atoms with Gasteiger partial charge in [0.2, 0.25) is 5.91 Å². The van der Waals surface area contributed by atoms with Crippen molar-refractivity contribution >= 4 is 17.8 Å². The van der Waals surface area contributed by atoms with Crippen LogP contribution in [0.3, 0.4) is 0 Å². The van der Waals surface area contributed by atoms with Crippen LogP contribution in [0.1, 0.15) is 26.7 Å². The van der Waals surface area contributed by atoms with Gasteiger partial charge in [0.15, 0.2) is 0 Å². The van der Waals surface area contributed by atoms with Gasteiger partial charge in [-0.05, 0) is 12.8 Å². The smallest absolute Gasteiger partial charge is 0.345 e. The molecule has 0 atom stereocenters. The molecular weight excluding hydrogens is 279 g/mol. The monoisotopic (exact) mass is 295 g/mol. The van der Waals surface area contributed by atoms with Gasteiger partial charge in [0.25, 0.3) is 5.91 Å². The number of halogens is 3. The summed E-state index contributed by atoms with van der Waals surface area (Å²) < 4.78 is 35.8. The topological polar surface area (TPSA) is 78.5 Å². The zero-order chi connectivity index (χ0) is 15.6. The van der Waals surface area contributed by atoms with Crippen LogP contribution < -0.4 is 10.6 Å². The Morgan fingerprint density at radius 1 is 1.30 bits per heavy atom. The lowest BCUT2D eigenvalue weighted by Gasteiger charge is -2.23. The maximum absolute atomic E-state index is 12.1. The largest absolute Gasteiger partial charge is 0.405 e. The fraction of sp³-hybridized carbons (Fsp3) is 0.727. The second kappa shape index (κ2) is 5.68. The molecule has 0 aromatic carbocycles. The van der Waals surface area contributed by atoms with Crippen molar-refractivity contribution in [2.45, 2.75) is 38.4 Å². The Bertz CT molecular complexity index is 419. The average Bonchev–Trinajstić information content (AvgIpc) is 2.60. The van der Waals surface area contributed by atoms with Crippen molar-refractivity contribution in [1.29, 1.82) is 0 Å². The quantitative estimate of drug-likeness (QED) is 0.736. The molecule has 1 saturated heterocycles. The Morgan fingerprint density at radius 3 is 2.25 bits per heavy atom. The first-order valence-electron chi connectivity index (χ1n) is 6.12. The van der Waals surface area contributed by atoms with Crippen LogP contribution >= 0.6 is 0 Å². The summed E-state index contributed by atoms with van der Waals surface area (Å²) in [4.78, 5) is 35.7. The predicted octanol–water partition coefficient (Wildman–Crippen LogP) is 0.775. The number of alkyl halides is 3. The van der Waals surface area contributed by atoms with E-state index in [1.165, 1.54) is 0 Å². The number of nitrogens with zero attached hydrogens (tertiary/aromatic N) is 1. The lowest BCUT2D eigenvalue weighted by atomic mass is 9.93. The summed E-state index contributed by atoms with van der Waals surface area (Å²) in [6.45, 7) is 1.19. The van der Waals surface area contributed by atoms with Crippen molar-refractivity contribution < 1.29 is 27.6 Å². The van der Waals surface area contributed by atoms with E-state index >= 15 is 0 Å². The molecule has 0 bridgehead atoms. The van der Waals surface area contributed by atoms with Gasteiger partial charge in [0.1, 0.15) is 18.6 Å². The van der Waals surface area contributed by atoms with Crippen molar-refractivity contribution in [3.05, 3.63) is 0 Å². The van der Waals surface area contributed by atoms with Gasteiger partial charge in [0.05, 0.1) is 0 Å². The minimum absolute atomic E-state index is 0.342. The summed E-state index contributed by atoms with van der Waals surface area (Å²) in [5.74, 6) is -1.62. The summed E-state index contributed by atoms with van der Waals surface area (Å²) in [6.07, 6.45) is -3.85. The molecule has 9 heteroatoms. The molecule has 1 rings (SSSR count). The number of carbonyl (C=O) groups excluding carboxylic acids is 3. The molecule has 1 aliphatic rings. The fourth-order valence-electron chi connectivity index (χ4n) is 1.95. The average molecular weight is 295 g/mol. The highest BCUT2D eigenvalue weighted by Gasteiger charge is 2.49. The molecule has 114 valence electrons. The van der Waals surface area contributed by atoms with E-state index in [9.17, 15) is 27.6 Å². The lowest BCUT2D eigenvalue weighted by molar-refractivity contribution is -0.141. The minimum atomic E-state index is -4.54. The number of carbonyl (C=O) groups is 3. The zero-order valence-corrected chi connectivity index (χ0v) is 11.1. The molecule has 1 heterocycles. The molecule has 20 heavy (non-hydrogen) atoms. The molecule has 2 N–H and O–H groups in total. The third-order valence-electron chi connectivity index (χ3n) is 3.24. The number of hydrogen-bond donors (Lipinski definition) is 2. The summed E-state index contributed by atoms with van der Waals surface area (Å²) in [6, 6.07) is -0.763. The molecule has 0 aliphatic carbocycles. The number of amides is 4. The molecule has 0 aromatic rings. The maximum atomic E-state index is 12.1. The Hall–Kier alpha value is -1.80. The first-order chi connectivity index (χ1) is 9.15. The van der Waals surface area contributed by atoms with E-state index in [0.29, 0.717) is 17.7 Å². The summed E-state index contributed by atoms with van der Waals surface area (Å²) in [5, 5.41) is 4.10. The molecule has 0 spiro atoms. The van der Waals surface area contributed by atoms with E-state index < -0.39 is 42.7 Å².